The summed E-state index contributed by atoms with van der Waals surface area (Å²) in [7, 11) is 0. The van der Waals surface area contributed by atoms with Gasteiger partial charge in [0.25, 0.3) is 0 Å². The largest absolute Gasteiger partial charge is 0.297 e. The third kappa shape index (κ3) is 2.88. The third-order valence-electron chi connectivity index (χ3n) is 11.8. The Balaban J connectivity index is 1.23. The van der Waals surface area contributed by atoms with Crippen LogP contribution in [0.15, 0.2) is 0 Å². The highest BCUT2D eigenvalue weighted by molar-refractivity contribution is 5.25. The fraction of sp³-hybridized carbons (Fsp3) is 1.00. The van der Waals surface area contributed by atoms with Crippen LogP contribution in [0.25, 0.3) is 0 Å². The minimum absolute atomic E-state index is 0.00790. The van der Waals surface area contributed by atoms with E-state index in [1.807, 2.05) is 0 Å². The first-order chi connectivity index (χ1) is 15.0. The van der Waals surface area contributed by atoms with E-state index in [-0.39, 0.29) is 11.0 Å². The zero-order chi connectivity index (χ0) is 22.7. The van der Waals surface area contributed by atoms with E-state index in [9.17, 15) is 4.39 Å². The molecule has 4 aliphatic heterocycles. The van der Waals surface area contributed by atoms with Crippen molar-refractivity contribution in [2.45, 2.75) is 129 Å². The molecule has 0 amide bonds. The molecule has 2 unspecified atom stereocenters. The number of hydrogen-bond acceptors (Lipinski definition) is 2. The minimum atomic E-state index is -0.536. The summed E-state index contributed by atoms with van der Waals surface area (Å²) in [5, 5.41) is 0. The van der Waals surface area contributed by atoms with Crippen LogP contribution in [0.1, 0.15) is 106 Å². The molecule has 182 valence electrons. The number of halogens is 1. The van der Waals surface area contributed by atoms with Gasteiger partial charge in [0.05, 0.1) is 0 Å². The zero-order valence-electron chi connectivity index (χ0n) is 21.9. The number of fused-ring (bicyclic) bond motifs is 3. The topological polar surface area (TPSA) is 6.48 Å². The Morgan fingerprint density at radius 3 is 2.31 bits per heavy atom. The van der Waals surface area contributed by atoms with Gasteiger partial charge in [0.15, 0.2) is 0 Å². The van der Waals surface area contributed by atoms with E-state index in [1.165, 1.54) is 64.5 Å². The van der Waals surface area contributed by atoms with Crippen molar-refractivity contribution in [1.29, 1.82) is 0 Å². The lowest BCUT2D eigenvalue weighted by atomic mass is 9.66. The SMILES string of the molecule is CC(C)C[C@]12C[C@]3(C[C@H]3F)CN1C(CC(C)C[C@]13C[C@H](C)CN1CCC31CC1)CC2(C)C. The molecule has 0 N–H and O–H groups in total. The van der Waals surface area contributed by atoms with Gasteiger partial charge in [-0.15, -0.1) is 0 Å². The molecule has 2 nitrogen and oxygen atoms in total. The van der Waals surface area contributed by atoms with Crippen molar-refractivity contribution in [2.75, 3.05) is 19.6 Å². The van der Waals surface area contributed by atoms with E-state index in [2.05, 4.69) is 51.3 Å². The molecule has 2 spiro atoms. The Hall–Kier alpha value is -0.150. The van der Waals surface area contributed by atoms with Gasteiger partial charge in [-0.1, -0.05) is 41.5 Å². The molecular formula is C29H49FN2. The van der Waals surface area contributed by atoms with Crippen molar-refractivity contribution in [3.63, 3.8) is 0 Å². The number of hydrogen-bond donors (Lipinski definition) is 0. The van der Waals surface area contributed by atoms with Crippen molar-refractivity contribution in [1.82, 2.24) is 9.80 Å². The molecule has 0 aromatic rings. The molecule has 7 atom stereocenters. The van der Waals surface area contributed by atoms with Gasteiger partial charge >= 0.3 is 0 Å². The summed E-state index contributed by atoms with van der Waals surface area (Å²) in [6.45, 7) is 18.6. The molecule has 2 aliphatic carbocycles. The Morgan fingerprint density at radius 2 is 1.69 bits per heavy atom. The van der Waals surface area contributed by atoms with E-state index in [4.69, 9.17) is 0 Å². The molecule has 2 saturated carbocycles. The second-order valence-corrected chi connectivity index (χ2v) is 15.1. The molecule has 6 aliphatic rings. The summed E-state index contributed by atoms with van der Waals surface area (Å²) >= 11 is 0. The van der Waals surface area contributed by atoms with Gasteiger partial charge in [0.1, 0.15) is 6.17 Å². The zero-order valence-corrected chi connectivity index (χ0v) is 21.9. The van der Waals surface area contributed by atoms with E-state index >= 15 is 0 Å². The molecule has 4 saturated heterocycles. The van der Waals surface area contributed by atoms with Crippen LogP contribution in [-0.2, 0) is 0 Å². The Morgan fingerprint density at radius 1 is 0.969 bits per heavy atom. The van der Waals surface area contributed by atoms with Crippen LogP contribution >= 0.6 is 0 Å². The van der Waals surface area contributed by atoms with E-state index in [0.29, 0.717) is 28.3 Å². The number of alkyl halides is 1. The molecule has 0 aromatic heterocycles. The molecule has 32 heavy (non-hydrogen) atoms. The van der Waals surface area contributed by atoms with Crippen LogP contribution in [0.4, 0.5) is 4.39 Å². The quantitative estimate of drug-likeness (QED) is 0.450. The molecule has 6 fully saturated rings. The fourth-order valence-corrected chi connectivity index (χ4v) is 10.4. The van der Waals surface area contributed by atoms with Crippen molar-refractivity contribution in [3.05, 3.63) is 0 Å². The van der Waals surface area contributed by atoms with Gasteiger partial charge in [0, 0.05) is 35.6 Å². The van der Waals surface area contributed by atoms with E-state index < -0.39 is 6.17 Å². The highest BCUT2D eigenvalue weighted by Crippen LogP contribution is 2.70. The normalized spacial score (nSPS) is 49.3. The van der Waals surface area contributed by atoms with E-state index in [0.717, 1.165) is 31.2 Å². The van der Waals surface area contributed by atoms with Gasteiger partial charge < -0.3 is 0 Å². The first-order valence-electron chi connectivity index (χ1n) is 14.1. The lowest BCUT2D eigenvalue weighted by molar-refractivity contribution is 0.0492. The summed E-state index contributed by atoms with van der Waals surface area (Å²) in [6, 6.07) is 0.658. The Kier molecular flexibility index (Phi) is 4.70. The van der Waals surface area contributed by atoms with Crippen molar-refractivity contribution < 1.29 is 4.39 Å². The van der Waals surface area contributed by atoms with Gasteiger partial charge in [-0.25, -0.2) is 4.39 Å². The maximum absolute atomic E-state index is 14.6. The maximum atomic E-state index is 14.6. The first-order valence-corrected chi connectivity index (χ1v) is 14.1. The van der Waals surface area contributed by atoms with Crippen LogP contribution in [0, 0.1) is 34.0 Å². The average molecular weight is 445 g/mol. The molecule has 0 bridgehead atoms. The summed E-state index contributed by atoms with van der Waals surface area (Å²) in [6.07, 6.45) is 12.6. The summed E-state index contributed by atoms with van der Waals surface area (Å²) in [4.78, 5) is 5.84. The highest BCUT2D eigenvalue weighted by Gasteiger charge is 2.72. The maximum Gasteiger partial charge on any atom is 0.108 e. The second-order valence-electron chi connectivity index (χ2n) is 15.1. The predicted molar refractivity (Wildman–Crippen MR) is 130 cm³/mol. The van der Waals surface area contributed by atoms with Crippen LogP contribution in [0.5, 0.6) is 0 Å². The van der Waals surface area contributed by atoms with Gasteiger partial charge in [0.2, 0.25) is 0 Å². The summed E-state index contributed by atoms with van der Waals surface area (Å²) in [5.74, 6) is 2.32. The smallest absolute Gasteiger partial charge is 0.108 e. The van der Waals surface area contributed by atoms with Crippen molar-refractivity contribution >= 4 is 0 Å². The molecular weight excluding hydrogens is 395 g/mol. The summed E-state index contributed by atoms with van der Waals surface area (Å²) < 4.78 is 14.6. The molecule has 0 radical (unpaired) electrons. The molecule has 6 rings (SSSR count). The number of rotatable bonds is 6. The van der Waals surface area contributed by atoms with E-state index in [1.54, 1.807) is 0 Å². The van der Waals surface area contributed by atoms with Gasteiger partial charge in [-0.2, -0.15) is 0 Å². The van der Waals surface area contributed by atoms with Gasteiger partial charge in [-0.05, 0) is 99.3 Å². The van der Waals surface area contributed by atoms with Gasteiger partial charge in [-0.3, -0.25) is 9.80 Å². The Bertz CT molecular complexity index is 773. The lowest BCUT2D eigenvalue weighted by Crippen LogP contribution is -2.50. The minimum Gasteiger partial charge on any atom is -0.297 e. The molecule has 0 aromatic carbocycles. The van der Waals surface area contributed by atoms with Crippen LogP contribution in [0.3, 0.4) is 0 Å². The molecule has 4 heterocycles. The average Bonchev–Trinajstić information content (AvgIpc) is 3.44. The summed E-state index contributed by atoms with van der Waals surface area (Å²) in [5.41, 5.74) is 1.72. The first kappa shape index (κ1) is 22.3. The second kappa shape index (κ2) is 6.74. The standard InChI is InChI=1S/C29H49FN2/c1-20(2)12-29-18-26(16-24(26)30)19-32(29)23(15-25(29,5)6)11-21(3)13-28-14-22(4)17-31(28)10-9-27(28)7-8-27/h20-24H,7-19H2,1-6H3/t21?,22-,23?,24+,26+,28+,29+/m0/s1. The van der Waals surface area contributed by atoms with Crippen LogP contribution in [0.2, 0.25) is 0 Å². The highest BCUT2D eigenvalue weighted by atomic mass is 19.1. The molecule has 3 heteroatoms. The number of nitrogens with zero attached hydrogens (tertiary/aromatic N) is 2. The fourth-order valence-electron chi connectivity index (χ4n) is 10.4. The Labute approximate surface area is 197 Å². The van der Waals surface area contributed by atoms with Crippen LogP contribution in [-0.4, -0.2) is 52.7 Å². The van der Waals surface area contributed by atoms with Crippen molar-refractivity contribution in [3.8, 4) is 0 Å². The van der Waals surface area contributed by atoms with Crippen LogP contribution < -0.4 is 0 Å². The lowest BCUT2D eigenvalue weighted by Gasteiger charge is -2.45. The predicted octanol–water partition coefficient (Wildman–Crippen LogP) is 6.68. The van der Waals surface area contributed by atoms with Crippen molar-refractivity contribution in [2.24, 2.45) is 34.0 Å². The third-order valence-corrected chi connectivity index (χ3v) is 11.8. The monoisotopic (exact) mass is 444 g/mol.